The van der Waals surface area contributed by atoms with Gasteiger partial charge in [-0.2, -0.15) is 0 Å². The van der Waals surface area contributed by atoms with E-state index in [-0.39, 0.29) is 22.8 Å². The summed E-state index contributed by atoms with van der Waals surface area (Å²) in [4.78, 5) is 43.1. The third-order valence-corrected chi connectivity index (χ3v) is 5.29. The fourth-order valence-corrected chi connectivity index (χ4v) is 3.47. The van der Waals surface area contributed by atoms with Crippen LogP contribution in [0.3, 0.4) is 0 Å². The Kier molecular flexibility index (Phi) is 4.72. The van der Waals surface area contributed by atoms with Crippen LogP contribution in [0.5, 0.6) is 0 Å². The molecule has 0 spiro atoms. The van der Waals surface area contributed by atoms with E-state index in [1.807, 2.05) is 6.92 Å². The van der Waals surface area contributed by atoms with Gasteiger partial charge in [-0.25, -0.2) is 9.78 Å². The van der Waals surface area contributed by atoms with Crippen molar-refractivity contribution in [3.05, 3.63) is 25.8 Å². The van der Waals surface area contributed by atoms with Crippen molar-refractivity contribution in [2.75, 3.05) is 11.1 Å². The number of aromatic nitrogens is 6. The van der Waals surface area contributed by atoms with Crippen molar-refractivity contribution in [3.63, 3.8) is 0 Å². The molecule has 0 radical (unpaired) electrons. The molecule has 0 aromatic carbocycles. The minimum absolute atomic E-state index is 0.0785. The van der Waals surface area contributed by atoms with Crippen LogP contribution in [0.15, 0.2) is 14.7 Å². The van der Waals surface area contributed by atoms with Crippen LogP contribution >= 0.6 is 23.1 Å². The maximum atomic E-state index is 12.1. The van der Waals surface area contributed by atoms with E-state index in [1.165, 1.54) is 30.0 Å². The number of hydrogen-bond acceptors (Lipinski definition) is 8. The Morgan fingerprint density at radius 2 is 2.04 bits per heavy atom. The van der Waals surface area contributed by atoms with Crippen LogP contribution < -0.4 is 16.6 Å². The first-order valence-electron chi connectivity index (χ1n) is 7.31. The topological polar surface area (TPSA) is 128 Å². The third kappa shape index (κ3) is 3.35. The van der Waals surface area contributed by atoms with Gasteiger partial charge in [0.05, 0.1) is 5.75 Å². The second-order valence-electron chi connectivity index (χ2n) is 5.14. The number of thioether (sulfide) groups is 1. The quantitative estimate of drug-likeness (QED) is 0.600. The number of carbonyl (C=O) groups is 1. The van der Waals surface area contributed by atoms with E-state index in [0.717, 1.165) is 27.8 Å². The Bertz CT molecular complexity index is 1060. The second-order valence-corrected chi connectivity index (χ2v) is 7.16. The van der Waals surface area contributed by atoms with Crippen molar-refractivity contribution < 1.29 is 4.79 Å². The van der Waals surface area contributed by atoms with Crippen LogP contribution in [-0.2, 0) is 25.3 Å². The maximum absolute atomic E-state index is 12.1. The van der Waals surface area contributed by atoms with Gasteiger partial charge >= 0.3 is 5.69 Å². The van der Waals surface area contributed by atoms with E-state index in [4.69, 9.17) is 0 Å². The van der Waals surface area contributed by atoms with Gasteiger partial charge in [0.15, 0.2) is 16.3 Å². The van der Waals surface area contributed by atoms with Crippen molar-refractivity contribution in [2.45, 2.75) is 18.5 Å². The number of imidazole rings is 1. The molecule has 0 fully saturated rings. The minimum atomic E-state index is -0.457. The summed E-state index contributed by atoms with van der Waals surface area (Å²) in [5.41, 5.74) is -0.430. The molecule has 1 amide bonds. The Hall–Kier alpha value is -2.47. The van der Waals surface area contributed by atoms with E-state index < -0.39 is 11.2 Å². The molecule has 0 saturated heterocycles. The first kappa shape index (κ1) is 17.4. The van der Waals surface area contributed by atoms with Crippen molar-refractivity contribution in [2.24, 2.45) is 14.1 Å². The van der Waals surface area contributed by atoms with Gasteiger partial charge < -0.3 is 4.98 Å². The molecular formula is C13H15N7O3S2. The summed E-state index contributed by atoms with van der Waals surface area (Å²) in [6.07, 6.45) is 0.759. The summed E-state index contributed by atoms with van der Waals surface area (Å²) >= 11 is 2.45. The molecule has 0 atom stereocenters. The zero-order chi connectivity index (χ0) is 18.1. The fraction of sp³-hybridized carbons (Fsp3) is 0.385. The molecule has 0 saturated carbocycles. The largest absolute Gasteiger partial charge is 0.332 e. The molecule has 3 aromatic heterocycles. The molecule has 25 heavy (non-hydrogen) atoms. The number of aryl methyl sites for hydroxylation is 2. The molecule has 0 bridgehead atoms. The Labute approximate surface area is 149 Å². The number of H-pyrrole nitrogens is 1. The lowest BCUT2D eigenvalue weighted by molar-refractivity contribution is -0.113. The third-order valence-electron chi connectivity index (χ3n) is 3.43. The highest BCUT2D eigenvalue weighted by Gasteiger charge is 2.15. The van der Waals surface area contributed by atoms with Crippen LogP contribution in [0.1, 0.15) is 11.9 Å². The predicted octanol–water partition coefficient (Wildman–Crippen LogP) is 0.105. The monoisotopic (exact) mass is 381 g/mol. The van der Waals surface area contributed by atoms with Crippen molar-refractivity contribution in [3.8, 4) is 0 Å². The molecule has 0 unspecified atom stereocenters. The van der Waals surface area contributed by atoms with E-state index in [0.29, 0.717) is 10.3 Å². The highest BCUT2D eigenvalue weighted by Crippen LogP contribution is 2.19. The lowest BCUT2D eigenvalue weighted by Crippen LogP contribution is -2.36. The Morgan fingerprint density at radius 3 is 2.72 bits per heavy atom. The van der Waals surface area contributed by atoms with Crippen LogP contribution in [0.4, 0.5) is 5.13 Å². The van der Waals surface area contributed by atoms with Crippen LogP contribution in [0, 0.1) is 0 Å². The van der Waals surface area contributed by atoms with Gasteiger partial charge in [0.2, 0.25) is 11.0 Å². The molecular weight excluding hydrogens is 366 g/mol. The summed E-state index contributed by atoms with van der Waals surface area (Å²) in [5, 5.41) is 12.2. The molecule has 2 N–H and O–H groups in total. The van der Waals surface area contributed by atoms with Crippen molar-refractivity contribution in [1.29, 1.82) is 0 Å². The van der Waals surface area contributed by atoms with Gasteiger partial charge in [0, 0.05) is 14.1 Å². The van der Waals surface area contributed by atoms with Crippen molar-refractivity contribution in [1.82, 2.24) is 29.3 Å². The summed E-state index contributed by atoms with van der Waals surface area (Å²) < 4.78 is 2.29. The number of anilines is 1. The summed E-state index contributed by atoms with van der Waals surface area (Å²) in [6, 6.07) is 0. The summed E-state index contributed by atoms with van der Waals surface area (Å²) in [7, 11) is 2.94. The number of nitrogens with one attached hydrogen (secondary N) is 2. The Morgan fingerprint density at radius 1 is 1.28 bits per heavy atom. The number of fused-ring (bicyclic) bond motifs is 1. The Balaban J connectivity index is 1.74. The number of rotatable bonds is 5. The van der Waals surface area contributed by atoms with Gasteiger partial charge in [0.1, 0.15) is 5.01 Å². The highest BCUT2D eigenvalue weighted by atomic mass is 32.2. The second kappa shape index (κ2) is 6.80. The first-order valence-corrected chi connectivity index (χ1v) is 9.11. The molecule has 0 aliphatic carbocycles. The van der Waals surface area contributed by atoms with E-state index in [2.05, 4.69) is 25.5 Å². The van der Waals surface area contributed by atoms with Gasteiger partial charge in [0.25, 0.3) is 5.56 Å². The van der Waals surface area contributed by atoms with Gasteiger partial charge in [-0.05, 0) is 6.42 Å². The normalized spacial score (nSPS) is 11.2. The minimum Gasteiger partial charge on any atom is -0.327 e. The predicted molar refractivity (Wildman–Crippen MR) is 95.2 cm³/mol. The average molecular weight is 381 g/mol. The van der Waals surface area contributed by atoms with E-state index >= 15 is 0 Å². The van der Waals surface area contributed by atoms with Gasteiger partial charge in [-0.1, -0.05) is 30.0 Å². The van der Waals surface area contributed by atoms with Gasteiger partial charge in [-0.3, -0.25) is 24.0 Å². The molecule has 0 aliphatic rings. The SMILES string of the molecule is CCc1nnc(NC(=O)CSc2nc3c([nH]2)c(=O)n(C)c(=O)n3C)s1. The molecule has 0 aliphatic heterocycles. The smallest absolute Gasteiger partial charge is 0.327 e. The molecule has 3 rings (SSSR count). The molecule has 3 aromatic rings. The molecule has 10 nitrogen and oxygen atoms in total. The standard InChI is InChI=1S/C13H15N7O3S2/c1-4-7-17-18-12(25-7)14-6(21)5-24-11-15-8-9(16-11)19(2)13(23)20(3)10(8)22/h4-5H2,1-3H3,(H,15,16)(H,14,18,21). The number of nitrogens with zero attached hydrogens (tertiary/aromatic N) is 5. The number of amides is 1. The van der Waals surface area contributed by atoms with E-state index in [9.17, 15) is 14.4 Å². The highest BCUT2D eigenvalue weighted by molar-refractivity contribution is 7.99. The average Bonchev–Trinajstić information content (AvgIpc) is 3.23. The zero-order valence-electron chi connectivity index (χ0n) is 13.7. The lowest BCUT2D eigenvalue weighted by Gasteiger charge is -2.00. The lowest BCUT2D eigenvalue weighted by atomic mass is 10.5. The number of carbonyl (C=O) groups excluding carboxylic acids is 1. The van der Waals surface area contributed by atoms with Crippen LogP contribution in [0.25, 0.3) is 11.2 Å². The van der Waals surface area contributed by atoms with Crippen LogP contribution in [-0.4, -0.2) is 41.0 Å². The zero-order valence-corrected chi connectivity index (χ0v) is 15.3. The first-order chi connectivity index (χ1) is 11.9. The number of aromatic amines is 1. The van der Waals surface area contributed by atoms with Crippen LogP contribution in [0.2, 0.25) is 0 Å². The van der Waals surface area contributed by atoms with Crippen molar-refractivity contribution >= 4 is 45.3 Å². The molecule has 3 heterocycles. The maximum Gasteiger partial charge on any atom is 0.332 e. The fourth-order valence-electron chi connectivity index (χ4n) is 2.11. The van der Waals surface area contributed by atoms with Gasteiger partial charge in [-0.15, -0.1) is 10.2 Å². The molecule has 12 heteroatoms. The van der Waals surface area contributed by atoms with E-state index in [1.54, 1.807) is 0 Å². The summed E-state index contributed by atoms with van der Waals surface area (Å²) in [6.45, 7) is 1.96. The number of hydrogen-bond donors (Lipinski definition) is 2. The molecule has 132 valence electrons. The summed E-state index contributed by atoms with van der Waals surface area (Å²) in [5.74, 6) is -0.180.